The Bertz CT molecular complexity index is 764. The Morgan fingerprint density at radius 3 is 2.64 bits per heavy atom. The molecule has 1 heterocycles. The van der Waals surface area contributed by atoms with E-state index in [1.54, 1.807) is 24.3 Å². The molecule has 0 fully saturated rings. The van der Waals surface area contributed by atoms with E-state index in [0.717, 1.165) is 24.4 Å². The summed E-state index contributed by atoms with van der Waals surface area (Å²) in [7, 11) is 1.29. The third-order valence-electron chi connectivity index (χ3n) is 3.71. The van der Waals surface area contributed by atoms with Crippen LogP contribution in [-0.2, 0) is 11.2 Å². The Hall–Kier alpha value is -2.56. The van der Waals surface area contributed by atoms with Crippen molar-refractivity contribution in [3.63, 3.8) is 0 Å². The second kappa shape index (κ2) is 5.67. The molecule has 0 unspecified atom stereocenters. The Balaban J connectivity index is 2.17. The first kappa shape index (κ1) is 14.4. The molecule has 22 heavy (non-hydrogen) atoms. The van der Waals surface area contributed by atoms with Gasteiger partial charge in [0, 0.05) is 0 Å². The van der Waals surface area contributed by atoms with Gasteiger partial charge in [-0.25, -0.2) is 13.6 Å². The maximum absolute atomic E-state index is 14.0. The Kier molecular flexibility index (Phi) is 3.71. The zero-order valence-corrected chi connectivity index (χ0v) is 11.9. The van der Waals surface area contributed by atoms with E-state index in [1.807, 2.05) is 0 Å². The summed E-state index contributed by atoms with van der Waals surface area (Å²) in [6.45, 7) is 0. The lowest BCUT2D eigenvalue weighted by Gasteiger charge is -2.19. The van der Waals surface area contributed by atoms with Crippen LogP contribution in [0.5, 0.6) is 0 Å². The van der Waals surface area contributed by atoms with E-state index >= 15 is 0 Å². The summed E-state index contributed by atoms with van der Waals surface area (Å²) in [5, 5.41) is 0. The summed E-state index contributed by atoms with van der Waals surface area (Å²) >= 11 is 0. The molecule has 0 saturated carbocycles. The number of halogens is 2. The summed E-state index contributed by atoms with van der Waals surface area (Å²) in [4.78, 5) is 15.2. The van der Waals surface area contributed by atoms with E-state index in [-0.39, 0.29) is 5.56 Å². The first-order valence-corrected chi connectivity index (χ1v) is 6.83. The Morgan fingerprint density at radius 2 is 1.95 bits per heavy atom. The molecule has 0 aliphatic heterocycles. The van der Waals surface area contributed by atoms with E-state index in [4.69, 9.17) is 4.74 Å². The molecule has 1 aliphatic carbocycles. The highest BCUT2D eigenvalue weighted by molar-refractivity contribution is 5.92. The van der Waals surface area contributed by atoms with Crippen molar-refractivity contribution in [1.29, 1.82) is 0 Å². The van der Waals surface area contributed by atoms with Gasteiger partial charge in [0.1, 0.15) is 0 Å². The predicted molar refractivity (Wildman–Crippen MR) is 77.3 cm³/mol. The summed E-state index contributed by atoms with van der Waals surface area (Å²) in [5.74, 6) is -1.92. The first-order chi connectivity index (χ1) is 10.6. The minimum Gasteiger partial charge on any atom is -0.465 e. The quantitative estimate of drug-likeness (QED) is 0.797. The van der Waals surface area contributed by atoms with Gasteiger partial charge in [0.25, 0.3) is 0 Å². The van der Waals surface area contributed by atoms with Crippen LogP contribution < -0.4 is 0 Å². The molecule has 0 amide bonds. The van der Waals surface area contributed by atoms with Crippen LogP contribution in [0.4, 0.5) is 8.78 Å². The topological polar surface area (TPSA) is 39.2 Å². The van der Waals surface area contributed by atoms with E-state index in [9.17, 15) is 13.6 Å². The molecule has 3 rings (SSSR count). The molecule has 0 radical (unpaired) electrons. The summed E-state index contributed by atoms with van der Waals surface area (Å²) in [5.41, 5.74) is 2.28. The monoisotopic (exact) mass is 301 g/mol. The van der Waals surface area contributed by atoms with Crippen LogP contribution in [0.1, 0.15) is 33.5 Å². The average Bonchev–Trinajstić information content (AvgIpc) is 2.53. The molecule has 2 aromatic rings. The fourth-order valence-electron chi connectivity index (χ4n) is 2.68. The molecule has 0 spiro atoms. The van der Waals surface area contributed by atoms with Gasteiger partial charge in [-0.1, -0.05) is 12.1 Å². The van der Waals surface area contributed by atoms with E-state index in [0.29, 0.717) is 23.1 Å². The zero-order valence-electron chi connectivity index (χ0n) is 11.9. The van der Waals surface area contributed by atoms with Gasteiger partial charge in [0.2, 0.25) is 0 Å². The van der Waals surface area contributed by atoms with Gasteiger partial charge in [0.15, 0.2) is 11.6 Å². The van der Waals surface area contributed by atoms with Gasteiger partial charge in [0.05, 0.1) is 30.6 Å². The van der Waals surface area contributed by atoms with Crippen LogP contribution >= 0.6 is 0 Å². The van der Waals surface area contributed by atoms with Crippen molar-refractivity contribution in [2.45, 2.75) is 12.8 Å². The molecule has 0 bridgehead atoms. The largest absolute Gasteiger partial charge is 0.465 e. The number of pyridine rings is 1. The molecule has 112 valence electrons. The van der Waals surface area contributed by atoms with Crippen molar-refractivity contribution >= 4 is 11.5 Å². The van der Waals surface area contributed by atoms with E-state index in [1.165, 1.54) is 7.11 Å². The van der Waals surface area contributed by atoms with Gasteiger partial charge >= 0.3 is 5.97 Å². The maximum Gasteiger partial charge on any atom is 0.337 e. The van der Waals surface area contributed by atoms with Crippen molar-refractivity contribution in [2.75, 3.05) is 7.11 Å². The van der Waals surface area contributed by atoms with Crippen molar-refractivity contribution in [1.82, 2.24) is 4.98 Å². The number of ether oxygens (including phenoxy) is 1. The normalized spacial score (nSPS) is 13.3. The van der Waals surface area contributed by atoms with Crippen molar-refractivity contribution < 1.29 is 18.3 Å². The number of methoxy groups -OCH3 is 1. The number of benzene rings is 1. The molecule has 1 aliphatic rings. The highest BCUT2D eigenvalue weighted by atomic mass is 19.1. The minimum absolute atomic E-state index is 0.113. The molecular formula is C17H13F2NO2. The number of nitrogens with zero attached hydrogens (tertiary/aromatic N) is 1. The lowest BCUT2D eigenvalue weighted by atomic mass is 9.86. The van der Waals surface area contributed by atoms with Crippen LogP contribution in [0.2, 0.25) is 0 Å². The number of esters is 1. The number of aromatic nitrogens is 1. The second-order valence-electron chi connectivity index (χ2n) is 5.00. The van der Waals surface area contributed by atoms with E-state index < -0.39 is 17.6 Å². The Morgan fingerprint density at radius 1 is 1.23 bits per heavy atom. The highest BCUT2D eigenvalue weighted by Crippen LogP contribution is 2.34. The fourth-order valence-corrected chi connectivity index (χ4v) is 2.68. The lowest BCUT2D eigenvalue weighted by Crippen LogP contribution is -2.08. The smallest absolute Gasteiger partial charge is 0.337 e. The highest BCUT2D eigenvalue weighted by Gasteiger charge is 2.22. The molecule has 1 aromatic carbocycles. The number of allylic oxidation sites excluding steroid dienone is 1. The van der Waals surface area contributed by atoms with Crippen LogP contribution in [0.3, 0.4) is 0 Å². The third-order valence-corrected chi connectivity index (χ3v) is 3.71. The molecule has 0 atom stereocenters. The number of rotatable bonds is 2. The molecule has 5 heteroatoms. The van der Waals surface area contributed by atoms with E-state index in [2.05, 4.69) is 4.98 Å². The fraction of sp³-hybridized carbons (Fsp3) is 0.176. The number of hydrogen-bond donors (Lipinski definition) is 0. The number of aryl methyl sites for hydroxylation is 1. The molecule has 0 N–H and O–H groups in total. The number of fused-ring (bicyclic) bond motifs is 1. The second-order valence-corrected chi connectivity index (χ2v) is 5.00. The van der Waals surface area contributed by atoms with Crippen molar-refractivity contribution in [2.24, 2.45) is 0 Å². The van der Waals surface area contributed by atoms with Gasteiger partial charge in [-0.05, 0) is 41.7 Å². The summed E-state index contributed by atoms with van der Waals surface area (Å²) in [6.07, 6.45) is 5.19. The standard InChI is InChI=1S/C17H13F2NO2/c1-22-17(21)11-6-5-10-3-2-4-12(13(10)7-11)16-14(18)8-20-9-15(16)19/h4-9H,2-3H2,1H3. The number of carbonyl (C=O) groups is 1. The third kappa shape index (κ3) is 2.39. The average molecular weight is 301 g/mol. The van der Waals surface area contributed by atoms with Gasteiger partial charge < -0.3 is 4.74 Å². The van der Waals surface area contributed by atoms with Crippen LogP contribution in [0, 0.1) is 11.6 Å². The molecule has 3 nitrogen and oxygen atoms in total. The van der Waals surface area contributed by atoms with Crippen molar-refractivity contribution in [3.8, 4) is 0 Å². The van der Waals surface area contributed by atoms with Gasteiger partial charge in [-0.15, -0.1) is 0 Å². The molecule has 1 aromatic heterocycles. The predicted octanol–water partition coefficient (Wildman–Crippen LogP) is 3.52. The van der Waals surface area contributed by atoms with Gasteiger partial charge in [-0.3, -0.25) is 4.98 Å². The summed E-state index contributed by atoms with van der Waals surface area (Å²) in [6, 6.07) is 5.07. The van der Waals surface area contributed by atoms with Crippen LogP contribution in [-0.4, -0.2) is 18.1 Å². The summed E-state index contributed by atoms with van der Waals surface area (Å²) < 4.78 is 32.7. The van der Waals surface area contributed by atoms with Gasteiger partial charge in [-0.2, -0.15) is 0 Å². The van der Waals surface area contributed by atoms with Crippen LogP contribution in [0.25, 0.3) is 5.57 Å². The zero-order chi connectivity index (χ0) is 15.7. The first-order valence-electron chi connectivity index (χ1n) is 6.83. The lowest BCUT2D eigenvalue weighted by molar-refractivity contribution is 0.0600. The Labute approximate surface area is 126 Å². The minimum atomic E-state index is -0.720. The van der Waals surface area contributed by atoms with Crippen LogP contribution in [0.15, 0.2) is 36.7 Å². The van der Waals surface area contributed by atoms with Crippen molar-refractivity contribution in [3.05, 3.63) is 70.6 Å². The number of carbonyl (C=O) groups excluding carboxylic acids is 1. The SMILES string of the molecule is COC(=O)c1ccc2c(c1)C(c1c(F)cncc1F)=CCC2. The number of hydrogen-bond acceptors (Lipinski definition) is 3. The molecule has 0 saturated heterocycles. The maximum atomic E-state index is 14.0. The molecular weight excluding hydrogens is 288 g/mol.